The van der Waals surface area contributed by atoms with Crippen molar-refractivity contribution < 1.29 is 4.39 Å². The molecule has 1 saturated heterocycles. The summed E-state index contributed by atoms with van der Waals surface area (Å²) in [7, 11) is 3.90. The van der Waals surface area contributed by atoms with Gasteiger partial charge < -0.3 is 10.2 Å². The lowest BCUT2D eigenvalue weighted by atomic mass is 9.96. The van der Waals surface area contributed by atoms with Crippen LogP contribution in [-0.2, 0) is 7.05 Å². The highest BCUT2D eigenvalue weighted by molar-refractivity contribution is 5.89. The molecule has 0 spiro atoms. The molecule has 1 aliphatic heterocycles. The number of halogens is 1. The zero-order valence-electron chi connectivity index (χ0n) is 18.7. The predicted molar refractivity (Wildman–Crippen MR) is 128 cm³/mol. The quantitative estimate of drug-likeness (QED) is 0.506. The highest BCUT2D eigenvalue weighted by atomic mass is 19.1. The third-order valence-electron chi connectivity index (χ3n) is 6.44. The normalized spacial score (nSPS) is 14.5. The van der Waals surface area contributed by atoms with E-state index < -0.39 is 5.82 Å². The number of benzene rings is 2. The van der Waals surface area contributed by atoms with E-state index in [-0.39, 0.29) is 5.56 Å². The Bertz CT molecular complexity index is 1360. The fraction of sp³-hybridized carbons (Fsp3) is 0.269. The first-order valence-electron chi connectivity index (χ1n) is 11.1. The van der Waals surface area contributed by atoms with E-state index in [4.69, 9.17) is 10.2 Å². The minimum atomic E-state index is -0.527. The van der Waals surface area contributed by atoms with Gasteiger partial charge in [-0.15, -0.1) is 0 Å². The fourth-order valence-corrected chi connectivity index (χ4v) is 4.56. The number of aryl methyl sites for hydroxylation is 1. The molecule has 0 amide bonds. The molecule has 5 rings (SSSR count). The highest BCUT2D eigenvalue weighted by Crippen LogP contribution is 2.35. The minimum absolute atomic E-state index is 0.0356. The number of anilines is 1. The van der Waals surface area contributed by atoms with Gasteiger partial charge in [0.2, 0.25) is 0 Å². The van der Waals surface area contributed by atoms with E-state index in [9.17, 15) is 4.39 Å². The first-order chi connectivity index (χ1) is 16.1. The number of piperidine rings is 1. The molecular formula is C26H25FN6. The van der Waals surface area contributed by atoms with Gasteiger partial charge in [0.05, 0.1) is 28.7 Å². The standard InChI is InChI=1S/C26H25FN6/c1-29-21-7-9-33(10-8-21)22-13-23(17-3-5-19(14-28)24(27)11-17)26(30-15-22)18-4-6-20-16-32(2)31-25(20)12-18/h3-6,11-13,15-16,21,29H,7-10H2,1-2H3. The van der Waals surface area contributed by atoms with Gasteiger partial charge in [0, 0.05) is 48.9 Å². The first kappa shape index (κ1) is 21.1. The Labute approximate surface area is 192 Å². The Balaban J connectivity index is 1.61. The van der Waals surface area contributed by atoms with Crippen molar-refractivity contribution in [2.45, 2.75) is 18.9 Å². The Morgan fingerprint density at radius 2 is 1.88 bits per heavy atom. The molecule has 0 bridgehead atoms. The van der Waals surface area contributed by atoms with Gasteiger partial charge in [-0.3, -0.25) is 9.67 Å². The van der Waals surface area contributed by atoms with Crippen molar-refractivity contribution in [3.8, 4) is 28.5 Å². The van der Waals surface area contributed by atoms with Crippen molar-refractivity contribution in [2.24, 2.45) is 7.05 Å². The summed E-state index contributed by atoms with van der Waals surface area (Å²) in [5.41, 5.74) is 5.15. The van der Waals surface area contributed by atoms with Crippen molar-refractivity contribution in [1.29, 1.82) is 5.26 Å². The molecule has 0 saturated carbocycles. The van der Waals surface area contributed by atoms with E-state index in [1.54, 1.807) is 10.7 Å². The third-order valence-corrected chi connectivity index (χ3v) is 6.44. The molecule has 0 atom stereocenters. The SMILES string of the molecule is CNC1CCN(c2cnc(-c3ccc4cn(C)nc4c3)c(-c3ccc(C#N)c(F)c3)c2)CC1. The van der Waals surface area contributed by atoms with Gasteiger partial charge in [0.1, 0.15) is 11.9 Å². The Kier molecular flexibility index (Phi) is 5.53. The average Bonchev–Trinajstić information content (AvgIpc) is 3.23. The number of pyridine rings is 1. The van der Waals surface area contributed by atoms with E-state index in [1.165, 1.54) is 12.1 Å². The molecule has 1 N–H and O–H groups in total. The maximum atomic E-state index is 14.5. The lowest BCUT2D eigenvalue weighted by molar-refractivity contribution is 0.442. The number of hydrogen-bond donors (Lipinski definition) is 1. The lowest BCUT2D eigenvalue weighted by Gasteiger charge is -2.33. The molecule has 33 heavy (non-hydrogen) atoms. The number of rotatable bonds is 4. The van der Waals surface area contributed by atoms with Crippen LogP contribution in [0.25, 0.3) is 33.3 Å². The molecule has 0 radical (unpaired) electrons. The topological polar surface area (TPSA) is 69.8 Å². The van der Waals surface area contributed by atoms with Crippen molar-refractivity contribution >= 4 is 16.6 Å². The van der Waals surface area contributed by atoms with Gasteiger partial charge in [-0.05, 0) is 49.7 Å². The number of nitrogens with one attached hydrogen (secondary N) is 1. The molecule has 0 unspecified atom stereocenters. The van der Waals surface area contributed by atoms with Gasteiger partial charge in [0.25, 0.3) is 0 Å². The molecule has 0 aliphatic carbocycles. The molecule has 2 aromatic heterocycles. The van der Waals surface area contributed by atoms with Gasteiger partial charge in [-0.1, -0.05) is 18.2 Å². The molecule has 1 fully saturated rings. The van der Waals surface area contributed by atoms with Crippen LogP contribution in [0.3, 0.4) is 0 Å². The average molecular weight is 441 g/mol. The second-order valence-corrected chi connectivity index (χ2v) is 8.52. The summed E-state index contributed by atoms with van der Waals surface area (Å²) in [6, 6.07) is 15.3. The Morgan fingerprint density at radius 3 is 2.61 bits per heavy atom. The number of hydrogen-bond acceptors (Lipinski definition) is 5. The van der Waals surface area contributed by atoms with E-state index in [1.807, 2.05) is 50.8 Å². The maximum Gasteiger partial charge on any atom is 0.141 e. The summed E-state index contributed by atoms with van der Waals surface area (Å²) in [5.74, 6) is -0.527. The summed E-state index contributed by atoms with van der Waals surface area (Å²) >= 11 is 0. The predicted octanol–water partition coefficient (Wildman–Crippen LogP) is 4.50. The molecule has 3 heterocycles. The molecule has 2 aromatic carbocycles. The van der Waals surface area contributed by atoms with Crippen molar-refractivity contribution in [3.63, 3.8) is 0 Å². The second kappa shape index (κ2) is 8.64. The van der Waals surface area contributed by atoms with Crippen LogP contribution in [-0.4, -0.2) is 40.9 Å². The smallest absolute Gasteiger partial charge is 0.141 e. The highest BCUT2D eigenvalue weighted by Gasteiger charge is 2.20. The number of nitriles is 1. The molecule has 6 nitrogen and oxygen atoms in total. The second-order valence-electron chi connectivity index (χ2n) is 8.52. The summed E-state index contributed by atoms with van der Waals surface area (Å²) in [4.78, 5) is 7.18. The Hall–Kier alpha value is -3.76. The van der Waals surface area contributed by atoms with Crippen molar-refractivity contribution in [3.05, 3.63) is 66.2 Å². The molecule has 166 valence electrons. The monoisotopic (exact) mass is 440 g/mol. The van der Waals surface area contributed by atoms with Crippen molar-refractivity contribution in [2.75, 3.05) is 25.0 Å². The van der Waals surface area contributed by atoms with E-state index in [0.29, 0.717) is 11.6 Å². The summed E-state index contributed by atoms with van der Waals surface area (Å²) in [6.45, 7) is 1.88. The molecular weight excluding hydrogens is 415 g/mol. The number of fused-ring (bicyclic) bond motifs is 1. The number of nitrogens with zero attached hydrogens (tertiary/aromatic N) is 5. The van der Waals surface area contributed by atoms with E-state index >= 15 is 0 Å². The van der Waals surface area contributed by atoms with Crippen LogP contribution in [0, 0.1) is 17.1 Å². The van der Waals surface area contributed by atoms with Crippen LogP contribution in [0.4, 0.5) is 10.1 Å². The van der Waals surface area contributed by atoms with Gasteiger partial charge in [0.15, 0.2) is 0 Å². The maximum absolute atomic E-state index is 14.5. The van der Waals surface area contributed by atoms with E-state index in [2.05, 4.69) is 21.4 Å². The van der Waals surface area contributed by atoms with Gasteiger partial charge >= 0.3 is 0 Å². The number of aromatic nitrogens is 3. The fourth-order valence-electron chi connectivity index (χ4n) is 4.56. The zero-order chi connectivity index (χ0) is 22.9. The van der Waals surface area contributed by atoms with Crippen molar-refractivity contribution in [1.82, 2.24) is 20.1 Å². The van der Waals surface area contributed by atoms with E-state index in [0.717, 1.165) is 59.3 Å². The van der Waals surface area contributed by atoms with Crippen LogP contribution in [0.1, 0.15) is 18.4 Å². The first-order valence-corrected chi connectivity index (χ1v) is 11.1. The lowest BCUT2D eigenvalue weighted by Crippen LogP contribution is -2.41. The van der Waals surface area contributed by atoms with Crippen LogP contribution in [0.5, 0.6) is 0 Å². The molecule has 4 aromatic rings. The minimum Gasteiger partial charge on any atom is -0.370 e. The summed E-state index contributed by atoms with van der Waals surface area (Å²) in [6.07, 6.45) is 6.01. The van der Waals surface area contributed by atoms with Crippen LogP contribution < -0.4 is 10.2 Å². The summed E-state index contributed by atoms with van der Waals surface area (Å²) < 4.78 is 16.3. The zero-order valence-corrected chi connectivity index (χ0v) is 18.7. The van der Waals surface area contributed by atoms with Crippen LogP contribution in [0.2, 0.25) is 0 Å². The molecule has 1 aliphatic rings. The van der Waals surface area contributed by atoms with Crippen LogP contribution >= 0.6 is 0 Å². The largest absolute Gasteiger partial charge is 0.370 e. The van der Waals surface area contributed by atoms with Gasteiger partial charge in [-0.25, -0.2) is 4.39 Å². The Morgan fingerprint density at radius 1 is 1.09 bits per heavy atom. The molecule has 7 heteroatoms. The van der Waals surface area contributed by atoms with Crippen LogP contribution in [0.15, 0.2) is 54.9 Å². The summed E-state index contributed by atoms with van der Waals surface area (Å²) in [5, 5.41) is 18.1. The third kappa shape index (κ3) is 4.06. The van der Waals surface area contributed by atoms with Gasteiger partial charge in [-0.2, -0.15) is 10.4 Å².